The number of fused-ring (bicyclic) bond motifs is 1. The number of hydrogen-bond acceptors (Lipinski definition) is 7. The molecule has 144 valence electrons. The molecule has 0 aliphatic rings. The summed E-state index contributed by atoms with van der Waals surface area (Å²) in [4.78, 5) is 16.3. The molecule has 29 heavy (non-hydrogen) atoms. The molecule has 0 spiro atoms. The predicted molar refractivity (Wildman–Crippen MR) is 102 cm³/mol. The zero-order valence-electron chi connectivity index (χ0n) is 15.1. The van der Waals surface area contributed by atoms with E-state index in [0.717, 1.165) is 0 Å². The van der Waals surface area contributed by atoms with E-state index in [4.69, 9.17) is 5.73 Å². The first-order valence-corrected chi connectivity index (χ1v) is 8.56. The zero-order valence-corrected chi connectivity index (χ0v) is 15.1. The molecule has 3 N–H and O–H groups in total. The molecule has 0 aliphatic heterocycles. The van der Waals surface area contributed by atoms with Gasteiger partial charge in [-0.1, -0.05) is 6.07 Å². The zero-order chi connectivity index (χ0) is 20.5. The highest BCUT2D eigenvalue weighted by Gasteiger charge is 2.21. The normalized spacial score (nSPS) is 11.9. The first-order valence-electron chi connectivity index (χ1n) is 8.56. The Labute approximate surface area is 163 Å². The molecule has 1 atom stereocenters. The molecular weight excluding hydrogens is 378 g/mol. The van der Waals surface area contributed by atoms with Gasteiger partial charge in [-0.3, -0.25) is 4.57 Å². The number of nitriles is 1. The summed E-state index contributed by atoms with van der Waals surface area (Å²) in [6, 6.07) is 9.87. The highest BCUT2D eigenvalue weighted by atomic mass is 19.1. The Morgan fingerprint density at radius 1 is 1.17 bits per heavy atom. The van der Waals surface area contributed by atoms with Crippen LogP contribution < -0.4 is 11.1 Å². The van der Waals surface area contributed by atoms with Gasteiger partial charge >= 0.3 is 0 Å². The van der Waals surface area contributed by atoms with Gasteiger partial charge in [0, 0.05) is 6.07 Å². The topological polar surface area (TPSA) is 118 Å². The Bertz CT molecular complexity index is 1260. The van der Waals surface area contributed by atoms with Gasteiger partial charge in [0.2, 0.25) is 5.95 Å². The standard InChI is InChI=1S/C19H14F2N8/c1-10(26-18-12(8-22)17(23)24-9-25-18)19-27-13-6-5-11(20)7-14(13)29(19)16-4-2-3-15(21)28-16/h2-7,9-10H,1H3,(H3,23,24,25,26)/t10-/m1/s1. The summed E-state index contributed by atoms with van der Waals surface area (Å²) in [6.45, 7) is 1.77. The van der Waals surface area contributed by atoms with Gasteiger partial charge in [0.05, 0.1) is 17.1 Å². The van der Waals surface area contributed by atoms with E-state index >= 15 is 0 Å². The summed E-state index contributed by atoms with van der Waals surface area (Å²) < 4.78 is 29.2. The van der Waals surface area contributed by atoms with Crippen molar-refractivity contribution in [3.63, 3.8) is 0 Å². The molecule has 4 rings (SSSR count). The van der Waals surface area contributed by atoms with Crippen molar-refractivity contribution in [2.75, 3.05) is 11.1 Å². The van der Waals surface area contributed by atoms with E-state index in [1.54, 1.807) is 17.6 Å². The number of halogens is 2. The molecule has 0 fully saturated rings. The van der Waals surface area contributed by atoms with Gasteiger partial charge in [0.25, 0.3) is 0 Å². The van der Waals surface area contributed by atoms with Crippen molar-refractivity contribution < 1.29 is 8.78 Å². The third-order valence-corrected chi connectivity index (χ3v) is 4.30. The van der Waals surface area contributed by atoms with E-state index in [9.17, 15) is 14.0 Å². The van der Waals surface area contributed by atoms with Crippen LogP contribution in [0.25, 0.3) is 16.9 Å². The van der Waals surface area contributed by atoms with Gasteiger partial charge in [-0.05, 0) is 31.2 Å². The number of nitrogens with two attached hydrogens (primary N) is 1. The summed E-state index contributed by atoms with van der Waals surface area (Å²) in [5.74, 6) is -0.210. The molecule has 10 heteroatoms. The number of imidazole rings is 1. The lowest BCUT2D eigenvalue weighted by molar-refractivity contribution is 0.579. The van der Waals surface area contributed by atoms with Crippen LogP contribution in [0, 0.1) is 23.1 Å². The van der Waals surface area contributed by atoms with Crippen LogP contribution in [0.5, 0.6) is 0 Å². The largest absolute Gasteiger partial charge is 0.382 e. The van der Waals surface area contributed by atoms with E-state index < -0.39 is 17.8 Å². The van der Waals surface area contributed by atoms with Crippen LogP contribution in [0.2, 0.25) is 0 Å². The van der Waals surface area contributed by atoms with E-state index in [1.807, 2.05) is 6.07 Å². The molecule has 0 radical (unpaired) electrons. The Morgan fingerprint density at radius 2 is 2.00 bits per heavy atom. The number of anilines is 2. The van der Waals surface area contributed by atoms with E-state index in [2.05, 4.69) is 25.3 Å². The van der Waals surface area contributed by atoms with E-state index in [-0.39, 0.29) is 23.0 Å². The van der Waals surface area contributed by atoms with Crippen molar-refractivity contribution in [1.29, 1.82) is 5.26 Å². The number of nitrogen functional groups attached to an aromatic ring is 1. The van der Waals surface area contributed by atoms with Crippen molar-refractivity contribution in [2.24, 2.45) is 0 Å². The van der Waals surface area contributed by atoms with E-state index in [1.165, 1.54) is 36.7 Å². The average molecular weight is 392 g/mol. The maximum Gasteiger partial charge on any atom is 0.214 e. The maximum atomic E-state index is 13.9. The van der Waals surface area contributed by atoms with Gasteiger partial charge in [-0.15, -0.1) is 0 Å². The quantitative estimate of drug-likeness (QED) is 0.512. The second-order valence-electron chi connectivity index (χ2n) is 6.22. The number of nitrogens with one attached hydrogen (secondary N) is 1. The third-order valence-electron chi connectivity index (χ3n) is 4.30. The molecule has 0 saturated heterocycles. The number of rotatable bonds is 4. The second kappa shape index (κ2) is 7.12. The highest BCUT2D eigenvalue weighted by Crippen LogP contribution is 2.28. The van der Waals surface area contributed by atoms with Crippen molar-refractivity contribution >= 4 is 22.7 Å². The molecule has 0 saturated carbocycles. The van der Waals surface area contributed by atoms with Crippen LogP contribution in [0.1, 0.15) is 24.4 Å². The molecule has 4 aromatic rings. The number of hydrogen-bond donors (Lipinski definition) is 2. The first-order chi connectivity index (χ1) is 14.0. The summed E-state index contributed by atoms with van der Waals surface area (Å²) in [5.41, 5.74) is 6.76. The smallest absolute Gasteiger partial charge is 0.214 e. The second-order valence-corrected chi connectivity index (χ2v) is 6.22. The van der Waals surface area contributed by atoms with Crippen LogP contribution in [0.4, 0.5) is 20.4 Å². The van der Waals surface area contributed by atoms with Crippen LogP contribution in [0.15, 0.2) is 42.7 Å². The highest BCUT2D eigenvalue weighted by molar-refractivity contribution is 5.78. The number of benzene rings is 1. The van der Waals surface area contributed by atoms with Crippen molar-refractivity contribution in [2.45, 2.75) is 13.0 Å². The minimum absolute atomic E-state index is 0.0413. The minimum atomic E-state index is -0.678. The fourth-order valence-electron chi connectivity index (χ4n) is 3.01. The molecular formula is C19H14F2N8. The first kappa shape index (κ1) is 18.2. The molecule has 3 heterocycles. The summed E-state index contributed by atoms with van der Waals surface area (Å²) >= 11 is 0. The number of nitrogens with zero attached hydrogens (tertiary/aromatic N) is 6. The van der Waals surface area contributed by atoms with Crippen molar-refractivity contribution in [3.05, 3.63) is 65.9 Å². The molecule has 0 bridgehead atoms. The molecule has 0 amide bonds. The summed E-state index contributed by atoms with van der Waals surface area (Å²) in [7, 11) is 0. The van der Waals surface area contributed by atoms with Gasteiger partial charge < -0.3 is 11.1 Å². The molecule has 8 nitrogen and oxygen atoms in total. The lowest BCUT2D eigenvalue weighted by Gasteiger charge is -2.17. The molecule has 0 unspecified atom stereocenters. The molecule has 3 aromatic heterocycles. The lowest BCUT2D eigenvalue weighted by Crippen LogP contribution is -2.16. The fraction of sp³-hybridized carbons (Fsp3) is 0.105. The van der Waals surface area contributed by atoms with Crippen LogP contribution in [0.3, 0.4) is 0 Å². The van der Waals surface area contributed by atoms with Crippen molar-refractivity contribution in [1.82, 2.24) is 24.5 Å². The fourth-order valence-corrected chi connectivity index (χ4v) is 3.01. The van der Waals surface area contributed by atoms with E-state index in [0.29, 0.717) is 16.9 Å². The van der Waals surface area contributed by atoms with Crippen LogP contribution in [-0.4, -0.2) is 24.5 Å². The molecule has 0 aliphatic carbocycles. The SMILES string of the molecule is C[C@@H](Nc1ncnc(N)c1C#N)c1nc2ccc(F)cc2n1-c1cccc(F)n1. The summed E-state index contributed by atoms with van der Waals surface area (Å²) in [6.07, 6.45) is 1.23. The van der Waals surface area contributed by atoms with Gasteiger partial charge in [-0.25, -0.2) is 24.3 Å². The van der Waals surface area contributed by atoms with Gasteiger partial charge in [0.15, 0.2) is 0 Å². The maximum absolute atomic E-state index is 13.9. The predicted octanol–water partition coefficient (Wildman–Crippen LogP) is 3.12. The Hall–Kier alpha value is -4.13. The Morgan fingerprint density at radius 3 is 2.76 bits per heavy atom. The van der Waals surface area contributed by atoms with Crippen LogP contribution in [-0.2, 0) is 0 Å². The Balaban J connectivity index is 1.87. The van der Waals surface area contributed by atoms with Gasteiger partial charge in [0.1, 0.15) is 47.1 Å². The molecule has 1 aromatic carbocycles. The number of aromatic nitrogens is 5. The number of pyridine rings is 1. The monoisotopic (exact) mass is 392 g/mol. The third kappa shape index (κ3) is 3.29. The van der Waals surface area contributed by atoms with Crippen molar-refractivity contribution in [3.8, 4) is 11.9 Å². The Kier molecular flexibility index (Phi) is 4.48. The lowest BCUT2D eigenvalue weighted by atomic mass is 10.2. The van der Waals surface area contributed by atoms with Crippen LogP contribution >= 0.6 is 0 Å². The van der Waals surface area contributed by atoms with Gasteiger partial charge in [-0.2, -0.15) is 9.65 Å². The minimum Gasteiger partial charge on any atom is -0.382 e. The average Bonchev–Trinajstić information content (AvgIpc) is 3.07. The summed E-state index contributed by atoms with van der Waals surface area (Å²) in [5, 5.41) is 12.4.